The van der Waals surface area contributed by atoms with Gasteiger partial charge in [0.15, 0.2) is 11.5 Å². The molecule has 8 nitrogen and oxygen atoms in total. The van der Waals surface area contributed by atoms with Gasteiger partial charge in [-0.05, 0) is 61.7 Å². The van der Waals surface area contributed by atoms with Crippen molar-refractivity contribution in [3.8, 4) is 5.75 Å². The van der Waals surface area contributed by atoms with Gasteiger partial charge in [0.05, 0.1) is 0 Å². The van der Waals surface area contributed by atoms with Crippen LogP contribution < -0.4 is 20.4 Å². The maximum absolute atomic E-state index is 11.9. The van der Waals surface area contributed by atoms with E-state index in [-0.39, 0.29) is 11.9 Å². The molecule has 3 aliphatic rings. The molecular formula is C26H28N6O2. The SMILES string of the molecule is C=CC(=O)c1cccc(OC2=CC=CN3NC(Nc4ccc(N5CCN(C)CC5)cc4)=NC23)c1. The highest BCUT2D eigenvalue weighted by Gasteiger charge is 2.30. The van der Waals surface area contributed by atoms with Crippen molar-refractivity contribution in [2.75, 3.05) is 43.4 Å². The van der Waals surface area contributed by atoms with Crippen LogP contribution in [0.1, 0.15) is 10.4 Å². The van der Waals surface area contributed by atoms with Crippen LogP contribution in [0.25, 0.3) is 0 Å². The topological polar surface area (TPSA) is 72.4 Å². The van der Waals surface area contributed by atoms with Gasteiger partial charge in [-0.15, -0.1) is 0 Å². The minimum Gasteiger partial charge on any atom is -0.457 e. The molecule has 0 amide bonds. The maximum Gasteiger partial charge on any atom is 0.217 e. The number of carbonyl (C=O) groups excluding carboxylic acids is 1. The maximum atomic E-state index is 11.9. The van der Waals surface area contributed by atoms with Crippen LogP contribution in [0.2, 0.25) is 0 Å². The molecule has 2 N–H and O–H groups in total. The minimum absolute atomic E-state index is 0.143. The molecule has 34 heavy (non-hydrogen) atoms. The van der Waals surface area contributed by atoms with E-state index < -0.39 is 0 Å². The summed E-state index contributed by atoms with van der Waals surface area (Å²) in [5, 5.41) is 5.22. The normalized spacial score (nSPS) is 19.6. The summed E-state index contributed by atoms with van der Waals surface area (Å²) >= 11 is 0. The number of piperazine rings is 1. The Morgan fingerprint density at radius 2 is 1.97 bits per heavy atom. The molecule has 2 aromatic rings. The second kappa shape index (κ2) is 9.44. The van der Waals surface area contributed by atoms with Crippen molar-refractivity contribution in [1.29, 1.82) is 0 Å². The first-order chi connectivity index (χ1) is 16.6. The van der Waals surface area contributed by atoms with E-state index in [0.29, 0.717) is 23.0 Å². The molecule has 0 bridgehead atoms. The van der Waals surface area contributed by atoms with Gasteiger partial charge in [-0.2, -0.15) is 0 Å². The van der Waals surface area contributed by atoms with Crippen LogP contribution in [0, 0.1) is 0 Å². The van der Waals surface area contributed by atoms with Crippen molar-refractivity contribution in [2.24, 2.45) is 4.99 Å². The number of ketones is 1. The van der Waals surface area contributed by atoms with Gasteiger partial charge in [-0.3, -0.25) is 15.2 Å². The van der Waals surface area contributed by atoms with Crippen molar-refractivity contribution in [3.05, 3.63) is 90.9 Å². The number of hydrogen-bond acceptors (Lipinski definition) is 8. The molecule has 1 atom stereocenters. The summed E-state index contributed by atoms with van der Waals surface area (Å²) in [4.78, 5) is 21.4. The fourth-order valence-electron chi connectivity index (χ4n) is 4.10. The lowest BCUT2D eigenvalue weighted by molar-refractivity contribution is 0.104. The highest BCUT2D eigenvalue weighted by Crippen LogP contribution is 2.26. The van der Waals surface area contributed by atoms with Crippen molar-refractivity contribution >= 4 is 23.1 Å². The van der Waals surface area contributed by atoms with Crippen LogP contribution in [0.15, 0.2) is 90.3 Å². The molecule has 0 spiro atoms. The Balaban J connectivity index is 1.25. The average molecular weight is 457 g/mol. The number of fused-ring (bicyclic) bond motifs is 1. The number of rotatable bonds is 6. The molecule has 5 rings (SSSR count). The Hall–Kier alpha value is -4.04. The van der Waals surface area contributed by atoms with Crippen LogP contribution in [0.3, 0.4) is 0 Å². The number of carbonyl (C=O) groups is 1. The zero-order valence-corrected chi connectivity index (χ0v) is 19.1. The molecule has 3 aliphatic heterocycles. The lowest BCUT2D eigenvalue weighted by atomic mass is 10.1. The minimum atomic E-state index is -0.351. The number of anilines is 2. The molecule has 1 unspecified atom stereocenters. The molecule has 0 saturated carbocycles. The third-order valence-electron chi connectivity index (χ3n) is 6.05. The average Bonchev–Trinajstić information content (AvgIpc) is 3.28. The Labute approximate surface area is 199 Å². The lowest BCUT2D eigenvalue weighted by Gasteiger charge is -2.34. The number of benzene rings is 2. The smallest absolute Gasteiger partial charge is 0.217 e. The number of allylic oxidation sites excluding steroid dienone is 3. The van der Waals surface area contributed by atoms with E-state index in [1.54, 1.807) is 18.2 Å². The summed E-state index contributed by atoms with van der Waals surface area (Å²) in [6.45, 7) is 7.79. The molecule has 1 saturated heterocycles. The number of nitrogens with one attached hydrogen (secondary N) is 2. The van der Waals surface area contributed by atoms with Gasteiger partial charge in [0.25, 0.3) is 0 Å². The highest BCUT2D eigenvalue weighted by atomic mass is 16.5. The van der Waals surface area contributed by atoms with Crippen molar-refractivity contribution in [3.63, 3.8) is 0 Å². The van der Waals surface area contributed by atoms with Gasteiger partial charge in [0, 0.05) is 49.3 Å². The Morgan fingerprint density at radius 3 is 2.74 bits per heavy atom. The molecule has 1 fully saturated rings. The number of aliphatic imine (C=N–C) groups is 1. The molecular weight excluding hydrogens is 428 g/mol. The van der Waals surface area contributed by atoms with E-state index in [0.717, 1.165) is 31.9 Å². The quantitative estimate of drug-likeness (QED) is 0.511. The number of ether oxygens (including phenoxy) is 1. The van der Waals surface area contributed by atoms with Crippen LogP contribution in [-0.4, -0.2) is 61.0 Å². The Kier molecular flexibility index (Phi) is 6.05. The van der Waals surface area contributed by atoms with E-state index >= 15 is 0 Å². The highest BCUT2D eigenvalue weighted by molar-refractivity contribution is 6.04. The summed E-state index contributed by atoms with van der Waals surface area (Å²) in [6, 6.07) is 15.5. The zero-order chi connectivity index (χ0) is 23.5. The molecule has 174 valence electrons. The number of hydrazine groups is 1. The first kappa shape index (κ1) is 21.8. The molecule has 0 aliphatic carbocycles. The first-order valence-corrected chi connectivity index (χ1v) is 11.4. The van der Waals surface area contributed by atoms with Crippen molar-refractivity contribution < 1.29 is 9.53 Å². The van der Waals surface area contributed by atoms with Crippen LogP contribution >= 0.6 is 0 Å². The van der Waals surface area contributed by atoms with Crippen LogP contribution in [0.4, 0.5) is 11.4 Å². The third kappa shape index (κ3) is 4.67. The largest absolute Gasteiger partial charge is 0.457 e. The number of hydrogen-bond donors (Lipinski definition) is 2. The van der Waals surface area contributed by atoms with Crippen molar-refractivity contribution in [2.45, 2.75) is 6.17 Å². The second-order valence-electron chi connectivity index (χ2n) is 8.44. The monoisotopic (exact) mass is 456 g/mol. The first-order valence-electron chi connectivity index (χ1n) is 11.4. The lowest BCUT2D eigenvalue weighted by Crippen LogP contribution is -2.44. The molecule has 2 aromatic carbocycles. The fraction of sp³-hybridized carbons (Fsp3) is 0.231. The summed E-state index contributed by atoms with van der Waals surface area (Å²) < 4.78 is 6.09. The molecule has 0 radical (unpaired) electrons. The van der Waals surface area contributed by atoms with E-state index in [4.69, 9.17) is 9.73 Å². The summed E-state index contributed by atoms with van der Waals surface area (Å²) in [5.41, 5.74) is 5.98. The Bertz CT molecular complexity index is 1160. The summed E-state index contributed by atoms with van der Waals surface area (Å²) in [5.74, 6) is 1.72. The van der Waals surface area contributed by atoms with Gasteiger partial charge in [-0.1, -0.05) is 18.7 Å². The van der Waals surface area contributed by atoms with E-state index in [9.17, 15) is 4.79 Å². The predicted octanol–water partition coefficient (Wildman–Crippen LogP) is 3.21. The van der Waals surface area contributed by atoms with E-state index in [1.807, 2.05) is 29.4 Å². The summed E-state index contributed by atoms with van der Waals surface area (Å²) in [6.07, 6.45) is 6.62. The zero-order valence-electron chi connectivity index (χ0n) is 19.1. The molecule has 0 aromatic heterocycles. The van der Waals surface area contributed by atoms with E-state index in [2.05, 4.69) is 58.4 Å². The number of guanidine groups is 1. The van der Waals surface area contributed by atoms with Crippen LogP contribution in [0.5, 0.6) is 5.75 Å². The molecule has 3 heterocycles. The molecule has 8 heteroatoms. The number of nitrogens with zero attached hydrogens (tertiary/aromatic N) is 4. The second-order valence-corrected chi connectivity index (χ2v) is 8.44. The fourth-order valence-corrected chi connectivity index (χ4v) is 4.10. The Morgan fingerprint density at radius 1 is 1.18 bits per heavy atom. The van der Waals surface area contributed by atoms with E-state index in [1.165, 1.54) is 11.8 Å². The summed E-state index contributed by atoms with van der Waals surface area (Å²) in [7, 11) is 2.16. The van der Waals surface area contributed by atoms with Crippen molar-refractivity contribution in [1.82, 2.24) is 15.3 Å². The van der Waals surface area contributed by atoms with Gasteiger partial charge >= 0.3 is 0 Å². The predicted molar refractivity (Wildman–Crippen MR) is 135 cm³/mol. The standard InChI is InChI=1S/C26H28N6O2/c1-3-23(33)19-6-4-7-22(18-19)34-24-8-5-13-32-25(24)28-26(29-32)27-20-9-11-21(12-10-20)31-16-14-30(2)15-17-31/h3-13,18,25H,1,14-17H2,2H3,(H2,27,28,29). The van der Waals surface area contributed by atoms with Crippen LogP contribution in [-0.2, 0) is 0 Å². The third-order valence-corrected chi connectivity index (χ3v) is 6.05. The number of likely N-dealkylation sites (N-methyl/N-ethyl adjacent to an activating group) is 1. The van der Waals surface area contributed by atoms with Gasteiger partial charge in [0.2, 0.25) is 12.1 Å². The van der Waals surface area contributed by atoms with Gasteiger partial charge < -0.3 is 19.9 Å². The van der Waals surface area contributed by atoms with Gasteiger partial charge in [0.1, 0.15) is 5.75 Å². The van der Waals surface area contributed by atoms with Gasteiger partial charge in [-0.25, -0.2) is 4.99 Å².